The maximum absolute atomic E-state index is 12.2. The van der Waals surface area contributed by atoms with Crippen LogP contribution >= 0.6 is 0 Å². The number of hydrogen-bond acceptors (Lipinski definition) is 4. The molecular weight excluding hydrogens is 296 g/mol. The van der Waals surface area contributed by atoms with E-state index in [4.69, 9.17) is 4.74 Å². The van der Waals surface area contributed by atoms with E-state index in [0.29, 0.717) is 18.1 Å². The first-order valence-corrected chi connectivity index (χ1v) is 7.67. The second kappa shape index (κ2) is 6.28. The number of aromatic nitrogens is 3. The second-order valence-electron chi connectivity index (χ2n) is 5.73. The number of carbonyl (C=O) groups excluding carboxylic acids is 1. The summed E-state index contributed by atoms with van der Waals surface area (Å²) in [5.74, 6) is 1.49. The number of aromatic amines is 1. The van der Waals surface area contributed by atoms with Crippen LogP contribution < -0.4 is 10.4 Å². The minimum absolute atomic E-state index is 0.0617. The lowest BCUT2D eigenvalue weighted by atomic mass is 9.97. The number of likely N-dealkylation sites (tertiary alicyclic amines) is 1. The van der Waals surface area contributed by atoms with Crippen molar-refractivity contribution >= 4 is 5.91 Å². The number of ether oxygens (including phenoxy) is 1. The third-order valence-electron chi connectivity index (χ3n) is 4.21. The van der Waals surface area contributed by atoms with Crippen molar-refractivity contribution in [3.8, 4) is 11.4 Å². The lowest BCUT2D eigenvalue weighted by Gasteiger charge is -2.30. The minimum atomic E-state index is -0.273. The molecule has 1 unspecified atom stereocenters. The van der Waals surface area contributed by atoms with Crippen LogP contribution in [-0.4, -0.2) is 45.8 Å². The molecule has 1 amide bonds. The Labute approximate surface area is 133 Å². The predicted molar refractivity (Wildman–Crippen MR) is 85.0 cm³/mol. The molecule has 23 heavy (non-hydrogen) atoms. The molecule has 1 fully saturated rings. The quantitative estimate of drug-likeness (QED) is 0.925. The van der Waals surface area contributed by atoms with Crippen LogP contribution in [0, 0.1) is 0 Å². The van der Waals surface area contributed by atoms with Crippen molar-refractivity contribution in [2.75, 3.05) is 20.2 Å². The summed E-state index contributed by atoms with van der Waals surface area (Å²) in [5.41, 5.74) is 0.405. The van der Waals surface area contributed by atoms with Gasteiger partial charge in [0.1, 0.15) is 11.6 Å². The molecule has 1 aliphatic rings. The number of nitrogens with one attached hydrogen (secondary N) is 1. The van der Waals surface area contributed by atoms with E-state index in [2.05, 4.69) is 10.1 Å². The summed E-state index contributed by atoms with van der Waals surface area (Å²) in [5, 5.41) is 4.42. The molecule has 2 heterocycles. The zero-order valence-corrected chi connectivity index (χ0v) is 13.3. The van der Waals surface area contributed by atoms with E-state index in [1.54, 1.807) is 43.2 Å². The van der Waals surface area contributed by atoms with E-state index < -0.39 is 0 Å². The number of methoxy groups -OCH3 is 1. The average Bonchev–Trinajstić information content (AvgIpc) is 2.97. The fourth-order valence-electron chi connectivity index (χ4n) is 2.91. The van der Waals surface area contributed by atoms with E-state index >= 15 is 0 Å². The monoisotopic (exact) mass is 316 g/mol. The first kappa shape index (κ1) is 15.3. The number of piperidine rings is 1. The number of nitrogens with zero attached hydrogens (tertiary/aromatic N) is 3. The molecule has 0 radical (unpaired) electrons. The molecule has 0 spiro atoms. The van der Waals surface area contributed by atoms with Gasteiger partial charge in [-0.05, 0) is 37.1 Å². The molecule has 122 valence electrons. The zero-order chi connectivity index (χ0) is 16.4. The Kier molecular flexibility index (Phi) is 4.18. The largest absolute Gasteiger partial charge is 0.497 e. The summed E-state index contributed by atoms with van der Waals surface area (Å²) in [6, 6.07) is 7.14. The Hall–Kier alpha value is -2.57. The number of hydrogen-bond donors (Lipinski definition) is 1. The van der Waals surface area contributed by atoms with Gasteiger partial charge in [0, 0.05) is 25.9 Å². The van der Waals surface area contributed by atoms with E-state index in [1.165, 1.54) is 4.68 Å². The Morgan fingerprint density at radius 2 is 2.09 bits per heavy atom. The Balaban J connectivity index is 1.85. The highest BCUT2D eigenvalue weighted by atomic mass is 16.5. The van der Waals surface area contributed by atoms with E-state index in [-0.39, 0.29) is 17.5 Å². The molecule has 7 heteroatoms. The molecule has 1 aromatic heterocycles. The molecule has 7 nitrogen and oxygen atoms in total. The van der Waals surface area contributed by atoms with Crippen LogP contribution in [0.5, 0.6) is 5.75 Å². The van der Waals surface area contributed by atoms with Crippen molar-refractivity contribution in [1.29, 1.82) is 0 Å². The van der Waals surface area contributed by atoms with Gasteiger partial charge >= 0.3 is 5.69 Å². The van der Waals surface area contributed by atoms with Gasteiger partial charge in [0.05, 0.1) is 12.8 Å². The van der Waals surface area contributed by atoms with Crippen molar-refractivity contribution in [3.05, 3.63) is 40.6 Å². The van der Waals surface area contributed by atoms with E-state index in [9.17, 15) is 9.59 Å². The van der Waals surface area contributed by atoms with Crippen LogP contribution in [0.1, 0.15) is 31.5 Å². The molecule has 0 aliphatic carbocycles. The molecular formula is C16H20N4O3. The number of benzene rings is 1. The number of rotatable bonds is 3. The van der Waals surface area contributed by atoms with Crippen molar-refractivity contribution in [2.24, 2.45) is 0 Å². The Bertz CT molecular complexity index is 747. The fraction of sp³-hybridized carbons (Fsp3) is 0.438. The second-order valence-corrected chi connectivity index (χ2v) is 5.73. The third-order valence-corrected chi connectivity index (χ3v) is 4.21. The van der Waals surface area contributed by atoms with Gasteiger partial charge < -0.3 is 9.64 Å². The van der Waals surface area contributed by atoms with Crippen LogP contribution in [0.3, 0.4) is 0 Å². The number of carbonyl (C=O) groups is 1. The van der Waals surface area contributed by atoms with Gasteiger partial charge in [-0.15, -0.1) is 5.10 Å². The van der Waals surface area contributed by atoms with Gasteiger partial charge in [-0.3, -0.25) is 9.78 Å². The highest BCUT2D eigenvalue weighted by Crippen LogP contribution is 2.24. The van der Waals surface area contributed by atoms with Gasteiger partial charge in [0.15, 0.2) is 0 Å². The summed E-state index contributed by atoms with van der Waals surface area (Å²) < 4.78 is 6.47. The smallest absolute Gasteiger partial charge is 0.348 e. The standard InChI is InChI=1S/C16H20N4O3/c1-11(21)19-9-3-4-12(10-19)15-17-16(22)20(18-15)13-5-7-14(23-2)8-6-13/h5-8,12H,3-4,9-10H2,1-2H3,(H,17,18,22). The minimum Gasteiger partial charge on any atom is -0.497 e. The molecule has 1 saturated heterocycles. The molecule has 0 bridgehead atoms. The Morgan fingerprint density at radius 1 is 1.35 bits per heavy atom. The maximum atomic E-state index is 12.2. The van der Waals surface area contributed by atoms with Crippen LogP contribution in [-0.2, 0) is 4.79 Å². The summed E-state index contributed by atoms with van der Waals surface area (Å²) in [6.45, 7) is 2.95. The van der Waals surface area contributed by atoms with E-state index in [1.807, 2.05) is 0 Å². The van der Waals surface area contributed by atoms with Gasteiger partial charge in [0.2, 0.25) is 5.91 Å². The van der Waals surface area contributed by atoms with Crippen molar-refractivity contribution < 1.29 is 9.53 Å². The fourth-order valence-corrected chi connectivity index (χ4v) is 2.91. The van der Waals surface area contributed by atoms with Crippen molar-refractivity contribution in [2.45, 2.75) is 25.7 Å². The van der Waals surface area contributed by atoms with Crippen molar-refractivity contribution in [1.82, 2.24) is 19.7 Å². The van der Waals surface area contributed by atoms with Gasteiger partial charge in [-0.2, -0.15) is 4.68 Å². The molecule has 2 aromatic rings. The normalized spacial score (nSPS) is 18.0. The maximum Gasteiger partial charge on any atom is 0.348 e. The van der Waals surface area contributed by atoms with Crippen LogP contribution in [0.2, 0.25) is 0 Å². The first-order chi connectivity index (χ1) is 11.1. The highest BCUT2D eigenvalue weighted by Gasteiger charge is 2.26. The number of H-pyrrole nitrogens is 1. The predicted octanol–water partition coefficient (Wildman–Crippen LogP) is 1.30. The Morgan fingerprint density at radius 3 is 2.74 bits per heavy atom. The average molecular weight is 316 g/mol. The molecule has 1 aromatic carbocycles. The van der Waals surface area contributed by atoms with Crippen LogP contribution in [0.4, 0.5) is 0 Å². The molecule has 1 aliphatic heterocycles. The molecule has 0 saturated carbocycles. The molecule has 3 rings (SSSR count). The van der Waals surface area contributed by atoms with E-state index in [0.717, 1.165) is 25.1 Å². The van der Waals surface area contributed by atoms with Gasteiger partial charge in [0.25, 0.3) is 0 Å². The number of amides is 1. The molecule has 1 atom stereocenters. The topological polar surface area (TPSA) is 80.2 Å². The van der Waals surface area contributed by atoms with Crippen LogP contribution in [0.15, 0.2) is 29.1 Å². The van der Waals surface area contributed by atoms with Gasteiger partial charge in [-0.1, -0.05) is 0 Å². The first-order valence-electron chi connectivity index (χ1n) is 7.67. The van der Waals surface area contributed by atoms with Gasteiger partial charge in [-0.25, -0.2) is 4.79 Å². The summed E-state index contributed by atoms with van der Waals surface area (Å²) in [7, 11) is 1.59. The van der Waals surface area contributed by atoms with Crippen LogP contribution in [0.25, 0.3) is 5.69 Å². The third kappa shape index (κ3) is 3.13. The lowest BCUT2D eigenvalue weighted by Crippen LogP contribution is -2.38. The summed E-state index contributed by atoms with van der Waals surface area (Å²) >= 11 is 0. The SMILES string of the molecule is COc1ccc(-n2nc(C3CCCN(C(C)=O)C3)[nH]c2=O)cc1. The summed E-state index contributed by atoms with van der Waals surface area (Å²) in [6.07, 6.45) is 1.83. The van der Waals surface area contributed by atoms with Crippen molar-refractivity contribution in [3.63, 3.8) is 0 Å². The summed E-state index contributed by atoms with van der Waals surface area (Å²) in [4.78, 5) is 28.4. The lowest BCUT2D eigenvalue weighted by molar-refractivity contribution is -0.130. The highest BCUT2D eigenvalue weighted by molar-refractivity contribution is 5.73. The zero-order valence-electron chi connectivity index (χ0n) is 13.3. The molecule has 1 N–H and O–H groups in total.